The van der Waals surface area contributed by atoms with Gasteiger partial charge in [-0.15, -0.1) is 0 Å². The zero-order chi connectivity index (χ0) is 25.1. The number of hydrogen-bond acceptors (Lipinski definition) is 8. The van der Waals surface area contributed by atoms with Crippen molar-refractivity contribution in [2.45, 2.75) is 67.4 Å². The highest BCUT2D eigenvalue weighted by molar-refractivity contribution is 7.92. The van der Waals surface area contributed by atoms with E-state index in [0.29, 0.717) is 25.0 Å². The highest BCUT2D eigenvalue weighted by Crippen LogP contribution is 2.32. The van der Waals surface area contributed by atoms with Crippen molar-refractivity contribution in [1.82, 2.24) is 10.3 Å². The summed E-state index contributed by atoms with van der Waals surface area (Å²) in [6.45, 7) is 3.15. The number of carbonyl (C=O) groups is 1. The minimum atomic E-state index is -3.64. The zero-order valence-corrected chi connectivity index (χ0v) is 21.9. The maximum Gasteiger partial charge on any atom is 0.326 e. The van der Waals surface area contributed by atoms with Gasteiger partial charge in [-0.2, -0.15) is 0 Å². The first-order chi connectivity index (χ1) is 16.7. The first-order valence-corrected chi connectivity index (χ1v) is 14.2. The number of rotatable bonds is 9. The van der Waals surface area contributed by atoms with Gasteiger partial charge in [0, 0.05) is 18.4 Å². The summed E-state index contributed by atoms with van der Waals surface area (Å²) in [6.07, 6.45) is 3.37. The van der Waals surface area contributed by atoms with Crippen molar-refractivity contribution in [3.63, 3.8) is 0 Å². The molecule has 0 spiro atoms. The van der Waals surface area contributed by atoms with Crippen molar-refractivity contribution < 1.29 is 27.4 Å². The Hall–Kier alpha value is -1.49. The second-order valence-corrected chi connectivity index (χ2v) is 11.9. The number of nitrogens with one attached hydrogen (secondary N) is 1. The Labute approximate surface area is 215 Å². The van der Waals surface area contributed by atoms with Gasteiger partial charge >= 0.3 is 5.97 Å². The number of sulfone groups is 1. The molecule has 1 aliphatic carbocycles. The molecule has 1 aromatic carbocycles. The number of hydrogen-bond donors (Lipinski definition) is 1. The van der Waals surface area contributed by atoms with Gasteiger partial charge in [0.1, 0.15) is 15.8 Å². The average Bonchev–Trinajstić information content (AvgIpc) is 3.32. The van der Waals surface area contributed by atoms with Crippen LogP contribution in [-0.4, -0.2) is 62.8 Å². The van der Waals surface area contributed by atoms with Crippen LogP contribution in [-0.2, 0) is 28.8 Å². The Kier molecular flexibility index (Phi) is 8.56. The van der Waals surface area contributed by atoms with Crippen LogP contribution in [0.5, 0.6) is 0 Å². The van der Waals surface area contributed by atoms with E-state index in [0.717, 1.165) is 31.1 Å². The number of halogens is 2. The molecule has 192 valence electrons. The molecular formula is C24H30Cl2N2O6S. The molecule has 2 heterocycles. The number of nitrogens with zero attached hydrogens (tertiary/aromatic N) is 1. The van der Waals surface area contributed by atoms with E-state index < -0.39 is 26.9 Å². The van der Waals surface area contributed by atoms with Crippen LogP contribution in [0, 0.1) is 0 Å². The monoisotopic (exact) mass is 544 g/mol. The van der Waals surface area contributed by atoms with Crippen LogP contribution in [0.1, 0.15) is 45.4 Å². The summed E-state index contributed by atoms with van der Waals surface area (Å²) in [7, 11) is -3.64. The van der Waals surface area contributed by atoms with Crippen molar-refractivity contribution in [2.24, 2.45) is 0 Å². The molecule has 11 heteroatoms. The maximum absolute atomic E-state index is 13.4. The molecule has 35 heavy (non-hydrogen) atoms. The van der Waals surface area contributed by atoms with E-state index >= 15 is 0 Å². The van der Waals surface area contributed by atoms with Gasteiger partial charge in [0.15, 0.2) is 16.1 Å². The number of ether oxygens (including phenoxy) is 3. The van der Waals surface area contributed by atoms with E-state index in [1.165, 1.54) is 0 Å². The second-order valence-electron chi connectivity index (χ2n) is 8.92. The summed E-state index contributed by atoms with van der Waals surface area (Å²) in [4.78, 5) is 16.6. The van der Waals surface area contributed by atoms with Crippen LogP contribution in [0.4, 0.5) is 0 Å². The Morgan fingerprint density at radius 3 is 2.77 bits per heavy atom. The van der Waals surface area contributed by atoms with Crippen LogP contribution in [0.15, 0.2) is 29.2 Å². The number of esters is 1. The molecule has 2 aromatic rings. The fraction of sp³-hybridized carbons (Fsp3) is 0.583. The zero-order valence-electron chi connectivity index (χ0n) is 19.6. The van der Waals surface area contributed by atoms with Gasteiger partial charge in [0.25, 0.3) is 0 Å². The molecule has 1 N–H and O–H groups in total. The first-order valence-electron chi connectivity index (χ1n) is 11.9. The summed E-state index contributed by atoms with van der Waals surface area (Å²) >= 11 is 12.1. The molecule has 2 aliphatic rings. The normalized spacial score (nSPS) is 22.4. The molecule has 1 saturated carbocycles. The molecule has 0 bridgehead atoms. The van der Waals surface area contributed by atoms with Crippen molar-refractivity contribution >= 4 is 49.8 Å². The minimum absolute atomic E-state index is 0.160. The van der Waals surface area contributed by atoms with Crippen LogP contribution in [0.2, 0.25) is 10.3 Å². The first kappa shape index (κ1) is 26.6. The molecule has 0 amide bonds. The standard InChI is InChI=1S/C24H30Cl2N2O6S/c1-2-32-23(29)24(8-3-4-9-24)27-10-12-34-21-15-18(7-11-33-21)35(30,31)17-6-5-16-13-20(25)28-22(26)19(16)14-17/h5-6,13-14,18,21,27H,2-4,7-12,15H2,1H3. The predicted molar refractivity (Wildman–Crippen MR) is 133 cm³/mol. The lowest BCUT2D eigenvalue weighted by atomic mass is 9.98. The molecule has 2 atom stereocenters. The SMILES string of the molecule is CCOC(=O)C1(NCCOC2CC(S(=O)(=O)c3ccc4cc(Cl)nc(Cl)c4c3)CCO2)CCCC1. The van der Waals surface area contributed by atoms with E-state index in [1.807, 2.05) is 0 Å². The summed E-state index contributed by atoms with van der Waals surface area (Å²) < 4.78 is 43.5. The summed E-state index contributed by atoms with van der Waals surface area (Å²) in [6, 6.07) is 6.43. The molecule has 1 aromatic heterocycles. The molecule has 8 nitrogen and oxygen atoms in total. The molecular weight excluding hydrogens is 515 g/mol. The van der Waals surface area contributed by atoms with Crippen molar-refractivity contribution in [3.05, 3.63) is 34.6 Å². The van der Waals surface area contributed by atoms with E-state index in [2.05, 4.69) is 10.3 Å². The highest BCUT2D eigenvalue weighted by atomic mass is 35.5. The Balaban J connectivity index is 1.36. The van der Waals surface area contributed by atoms with Gasteiger partial charge < -0.3 is 14.2 Å². The number of aromatic nitrogens is 1. The Bertz CT molecular complexity index is 1170. The Morgan fingerprint density at radius 1 is 1.26 bits per heavy atom. The smallest absolute Gasteiger partial charge is 0.326 e. The van der Waals surface area contributed by atoms with Crippen LogP contribution < -0.4 is 5.32 Å². The van der Waals surface area contributed by atoms with Crippen LogP contribution in [0.3, 0.4) is 0 Å². The molecule has 0 radical (unpaired) electrons. The number of pyridine rings is 1. The van der Waals surface area contributed by atoms with E-state index in [-0.39, 0.29) is 40.8 Å². The number of carbonyl (C=O) groups excluding carboxylic acids is 1. The van der Waals surface area contributed by atoms with Gasteiger partial charge in [0.05, 0.1) is 30.0 Å². The molecule has 1 saturated heterocycles. The summed E-state index contributed by atoms with van der Waals surface area (Å²) in [5.74, 6) is -0.217. The highest BCUT2D eigenvalue weighted by Gasteiger charge is 2.42. The van der Waals surface area contributed by atoms with Crippen molar-refractivity contribution in [1.29, 1.82) is 0 Å². The van der Waals surface area contributed by atoms with Crippen molar-refractivity contribution in [2.75, 3.05) is 26.4 Å². The lowest BCUT2D eigenvalue weighted by Crippen LogP contribution is -2.52. The van der Waals surface area contributed by atoms with Crippen LogP contribution in [0.25, 0.3) is 10.8 Å². The third-order valence-corrected chi connectivity index (χ3v) is 9.38. The summed E-state index contributed by atoms with van der Waals surface area (Å²) in [5, 5.41) is 4.33. The van der Waals surface area contributed by atoms with E-state index in [4.69, 9.17) is 37.4 Å². The largest absolute Gasteiger partial charge is 0.465 e. The summed E-state index contributed by atoms with van der Waals surface area (Å²) in [5.41, 5.74) is -0.658. The van der Waals surface area contributed by atoms with Gasteiger partial charge in [-0.25, -0.2) is 13.4 Å². The molecule has 4 rings (SSSR count). The topological polar surface area (TPSA) is 104 Å². The fourth-order valence-electron chi connectivity index (χ4n) is 4.83. The third kappa shape index (κ3) is 5.92. The maximum atomic E-state index is 13.4. The van der Waals surface area contributed by atoms with Gasteiger partial charge in [-0.1, -0.05) is 42.1 Å². The van der Waals surface area contributed by atoms with Gasteiger partial charge in [-0.3, -0.25) is 10.1 Å². The number of fused-ring (bicyclic) bond motifs is 1. The molecule has 1 aliphatic heterocycles. The molecule has 2 unspecified atom stereocenters. The fourth-order valence-corrected chi connectivity index (χ4v) is 7.08. The second kappa shape index (κ2) is 11.3. The van der Waals surface area contributed by atoms with Gasteiger partial charge in [0.2, 0.25) is 0 Å². The van der Waals surface area contributed by atoms with E-state index in [1.54, 1.807) is 31.2 Å². The third-order valence-electron chi connectivity index (χ3n) is 6.69. The predicted octanol–water partition coefficient (Wildman–Crippen LogP) is 4.30. The Morgan fingerprint density at radius 2 is 2.03 bits per heavy atom. The molecule has 2 fully saturated rings. The lowest BCUT2D eigenvalue weighted by molar-refractivity contribution is -0.162. The average molecular weight is 545 g/mol. The number of benzene rings is 1. The lowest BCUT2D eigenvalue weighted by Gasteiger charge is -2.31. The van der Waals surface area contributed by atoms with E-state index in [9.17, 15) is 13.2 Å². The van der Waals surface area contributed by atoms with Crippen LogP contribution >= 0.6 is 23.2 Å². The quantitative estimate of drug-likeness (QED) is 0.283. The van der Waals surface area contributed by atoms with Gasteiger partial charge in [-0.05, 0) is 49.8 Å². The minimum Gasteiger partial charge on any atom is -0.465 e. The van der Waals surface area contributed by atoms with Crippen molar-refractivity contribution in [3.8, 4) is 0 Å².